The molecule has 54 valence electrons. The lowest BCUT2D eigenvalue weighted by Crippen LogP contribution is -2.10. The molecule has 0 aliphatic rings. The molecule has 11 heavy (non-hydrogen) atoms. The number of hydrogen-bond acceptors (Lipinski definition) is 5. The van der Waals surface area contributed by atoms with Crippen LogP contribution in [0.25, 0.3) is 11.0 Å². The van der Waals surface area contributed by atoms with E-state index < -0.39 is 0 Å². The Bertz CT molecular complexity index is 431. The topological polar surface area (TPSA) is 84.4 Å². The van der Waals surface area contributed by atoms with Crippen molar-refractivity contribution in [2.75, 3.05) is 0 Å². The van der Waals surface area contributed by atoms with Crippen molar-refractivity contribution in [3.05, 3.63) is 22.9 Å². The largest absolute Gasteiger partial charge is 0.278 e. The van der Waals surface area contributed by atoms with Gasteiger partial charge in [0.05, 0.1) is 0 Å². The first-order chi connectivity index (χ1) is 5.38. The maximum atomic E-state index is 10.9. The summed E-state index contributed by atoms with van der Waals surface area (Å²) in [4.78, 5) is 18.4. The molecule has 0 saturated carbocycles. The molecule has 0 unspecified atom stereocenters. The fraction of sp³-hybridized carbons (Fsp3) is 0. The molecular formula is C5H3N5O. The van der Waals surface area contributed by atoms with Crippen LogP contribution in [0.2, 0.25) is 0 Å². The van der Waals surface area contributed by atoms with Crippen molar-refractivity contribution >= 4 is 11.0 Å². The summed E-state index contributed by atoms with van der Waals surface area (Å²) in [5.41, 5.74) is -0.0145. The normalized spacial score (nSPS) is 10.2. The van der Waals surface area contributed by atoms with E-state index in [1.165, 1.54) is 12.5 Å². The minimum absolute atomic E-state index is 0.309. The highest BCUT2D eigenvalue weighted by atomic mass is 16.1. The third-order valence-corrected chi connectivity index (χ3v) is 1.23. The van der Waals surface area contributed by atoms with Crippen LogP contribution in [0.4, 0.5) is 0 Å². The smallest absolute Gasteiger partial charge is 0.267 e. The van der Waals surface area contributed by atoms with Gasteiger partial charge in [-0.3, -0.25) is 4.79 Å². The van der Waals surface area contributed by atoms with E-state index in [9.17, 15) is 4.79 Å². The fourth-order valence-corrected chi connectivity index (χ4v) is 0.741. The van der Waals surface area contributed by atoms with E-state index in [1.807, 2.05) is 0 Å². The zero-order valence-corrected chi connectivity index (χ0v) is 5.35. The van der Waals surface area contributed by atoms with E-state index >= 15 is 0 Å². The number of rotatable bonds is 0. The lowest BCUT2D eigenvalue weighted by Gasteiger charge is -1.88. The van der Waals surface area contributed by atoms with E-state index in [2.05, 4.69) is 25.4 Å². The summed E-state index contributed by atoms with van der Waals surface area (Å²) in [6.45, 7) is 0. The summed E-state index contributed by atoms with van der Waals surface area (Å²) in [6.07, 6.45) is 2.71. The minimum atomic E-state index is -0.324. The first kappa shape index (κ1) is 5.90. The van der Waals surface area contributed by atoms with Crippen LogP contribution in [0.1, 0.15) is 0 Å². The Hall–Kier alpha value is -1.85. The summed E-state index contributed by atoms with van der Waals surface area (Å²) in [6, 6.07) is 0. The van der Waals surface area contributed by atoms with Gasteiger partial charge in [-0.2, -0.15) is 0 Å². The summed E-state index contributed by atoms with van der Waals surface area (Å²) in [5, 5.41) is 9.45. The molecule has 0 aromatic carbocycles. The zero-order valence-electron chi connectivity index (χ0n) is 5.35. The molecule has 0 atom stereocenters. The number of nitrogens with zero attached hydrogens (tertiary/aromatic N) is 4. The lowest BCUT2D eigenvalue weighted by atomic mass is 10.4. The van der Waals surface area contributed by atoms with Gasteiger partial charge in [0, 0.05) is 6.20 Å². The molecule has 0 aliphatic heterocycles. The second kappa shape index (κ2) is 2.08. The maximum absolute atomic E-state index is 10.9. The monoisotopic (exact) mass is 149 g/mol. The number of aromatic nitrogens is 5. The van der Waals surface area contributed by atoms with Crippen molar-refractivity contribution in [2.45, 2.75) is 0 Å². The third kappa shape index (κ3) is 0.841. The molecule has 2 aromatic rings. The van der Waals surface area contributed by atoms with Gasteiger partial charge in [-0.15, -0.1) is 5.10 Å². The van der Waals surface area contributed by atoms with Crippen molar-refractivity contribution in [3.8, 4) is 0 Å². The van der Waals surface area contributed by atoms with Crippen LogP contribution in [-0.4, -0.2) is 25.4 Å². The second-order valence-electron chi connectivity index (χ2n) is 1.90. The maximum Gasteiger partial charge on any atom is 0.278 e. The first-order valence-corrected chi connectivity index (χ1v) is 2.89. The van der Waals surface area contributed by atoms with Crippen molar-refractivity contribution < 1.29 is 0 Å². The third-order valence-electron chi connectivity index (χ3n) is 1.23. The van der Waals surface area contributed by atoms with Crippen LogP contribution in [0, 0.1) is 0 Å². The van der Waals surface area contributed by atoms with Gasteiger partial charge < -0.3 is 0 Å². The standard InChI is InChI=1S/C5H3N5O/c11-5-3-1-6-2-7-4(3)8-10-9-5/h1-2H,(H,6,7,8,9,11). The molecule has 0 spiro atoms. The summed E-state index contributed by atoms with van der Waals surface area (Å²) >= 11 is 0. The summed E-state index contributed by atoms with van der Waals surface area (Å²) in [5.74, 6) is 0. The SMILES string of the molecule is O=c1[nH]nnc2ncncc12. The average Bonchev–Trinajstić information content (AvgIpc) is 2.06. The van der Waals surface area contributed by atoms with Gasteiger partial charge in [0.25, 0.3) is 5.56 Å². The van der Waals surface area contributed by atoms with Gasteiger partial charge in [-0.25, -0.2) is 15.1 Å². The van der Waals surface area contributed by atoms with Gasteiger partial charge in [0.15, 0.2) is 5.65 Å². The molecule has 6 nitrogen and oxygen atoms in total. The first-order valence-electron chi connectivity index (χ1n) is 2.89. The molecule has 0 fully saturated rings. The molecular weight excluding hydrogens is 146 g/mol. The molecule has 0 amide bonds. The highest BCUT2D eigenvalue weighted by Gasteiger charge is 1.98. The Morgan fingerprint density at radius 1 is 1.45 bits per heavy atom. The molecule has 2 rings (SSSR count). The molecule has 0 radical (unpaired) electrons. The Balaban J connectivity index is 3.03. The van der Waals surface area contributed by atoms with Crippen molar-refractivity contribution in [2.24, 2.45) is 0 Å². The lowest BCUT2D eigenvalue weighted by molar-refractivity contribution is 0.860. The number of fused-ring (bicyclic) bond motifs is 1. The number of nitrogens with one attached hydrogen (secondary N) is 1. The van der Waals surface area contributed by atoms with Crippen LogP contribution in [0.3, 0.4) is 0 Å². The van der Waals surface area contributed by atoms with Gasteiger partial charge in [-0.05, 0) is 0 Å². The van der Waals surface area contributed by atoms with E-state index in [0.29, 0.717) is 11.0 Å². The molecule has 6 heteroatoms. The minimum Gasteiger partial charge on any atom is -0.267 e. The van der Waals surface area contributed by atoms with Gasteiger partial charge in [-0.1, -0.05) is 5.21 Å². The van der Waals surface area contributed by atoms with E-state index in [1.54, 1.807) is 0 Å². The highest BCUT2D eigenvalue weighted by Crippen LogP contribution is 1.94. The predicted molar refractivity (Wildman–Crippen MR) is 35.7 cm³/mol. The number of H-pyrrole nitrogens is 1. The van der Waals surface area contributed by atoms with Gasteiger partial charge >= 0.3 is 0 Å². The highest BCUT2D eigenvalue weighted by molar-refractivity contribution is 5.70. The van der Waals surface area contributed by atoms with Gasteiger partial charge in [0.1, 0.15) is 11.7 Å². The fourth-order valence-electron chi connectivity index (χ4n) is 0.741. The molecule has 2 heterocycles. The van der Waals surface area contributed by atoms with E-state index in [4.69, 9.17) is 0 Å². The van der Waals surface area contributed by atoms with Crippen LogP contribution in [0.5, 0.6) is 0 Å². The zero-order chi connectivity index (χ0) is 7.68. The van der Waals surface area contributed by atoms with Crippen LogP contribution in [-0.2, 0) is 0 Å². The van der Waals surface area contributed by atoms with Crippen molar-refractivity contribution in [1.29, 1.82) is 0 Å². The Labute approximate surface area is 60.3 Å². The predicted octanol–water partition coefficient (Wildman–Crippen LogP) is -0.892. The molecule has 0 aliphatic carbocycles. The summed E-state index contributed by atoms with van der Waals surface area (Å²) in [7, 11) is 0. The molecule has 0 bridgehead atoms. The quantitative estimate of drug-likeness (QED) is 0.525. The van der Waals surface area contributed by atoms with Crippen LogP contribution < -0.4 is 5.56 Å². The second-order valence-corrected chi connectivity index (χ2v) is 1.90. The van der Waals surface area contributed by atoms with Crippen LogP contribution in [0.15, 0.2) is 17.3 Å². The summed E-state index contributed by atoms with van der Waals surface area (Å²) < 4.78 is 0. The number of aromatic amines is 1. The molecule has 2 aromatic heterocycles. The Morgan fingerprint density at radius 3 is 3.18 bits per heavy atom. The molecule has 1 N–H and O–H groups in total. The van der Waals surface area contributed by atoms with Crippen LogP contribution >= 0.6 is 0 Å². The van der Waals surface area contributed by atoms with Crippen molar-refractivity contribution in [1.82, 2.24) is 25.4 Å². The van der Waals surface area contributed by atoms with E-state index in [-0.39, 0.29) is 5.56 Å². The number of hydrogen-bond donors (Lipinski definition) is 1. The Morgan fingerprint density at radius 2 is 2.36 bits per heavy atom. The molecule has 0 saturated heterocycles. The van der Waals surface area contributed by atoms with Crippen molar-refractivity contribution in [3.63, 3.8) is 0 Å². The van der Waals surface area contributed by atoms with E-state index in [0.717, 1.165) is 0 Å². The Kier molecular flexibility index (Phi) is 1.12. The van der Waals surface area contributed by atoms with Gasteiger partial charge in [0.2, 0.25) is 0 Å². The average molecular weight is 149 g/mol.